The average Bonchev–Trinajstić information content (AvgIpc) is 3.06. The van der Waals surface area contributed by atoms with Gasteiger partial charge in [0.1, 0.15) is 24.5 Å². The number of carbonyl (C=O) groups is 2. The molecule has 0 aliphatic heterocycles. The number of esters is 1. The molecule has 0 saturated heterocycles. The number of carbonyl (C=O) groups excluding carboxylic acids is 2. The van der Waals surface area contributed by atoms with Crippen molar-refractivity contribution >= 4 is 22.8 Å². The number of aryl methyl sites for hydroxylation is 2. The number of hydrogen-bond donors (Lipinski definition) is 0. The highest BCUT2D eigenvalue weighted by Crippen LogP contribution is 2.31. The Morgan fingerprint density at radius 2 is 1.46 bits per heavy atom. The fourth-order valence-electron chi connectivity index (χ4n) is 5.49. The number of ether oxygens (including phenoxy) is 1. The molecule has 7 nitrogen and oxygen atoms in total. The summed E-state index contributed by atoms with van der Waals surface area (Å²) in [5.74, 6) is -3.02. The van der Waals surface area contributed by atoms with Crippen LogP contribution in [0.3, 0.4) is 0 Å². The highest BCUT2D eigenvalue weighted by atomic mass is 19.4. The molecule has 0 unspecified atom stereocenters. The van der Waals surface area contributed by atoms with E-state index < -0.39 is 53.0 Å². The van der Waals surface area contributed by atoms with Crippen LogP contribution in [-0.4, -0.2) is 38.5 Å². The molecule has 1 amide bonds. The Hall–Kier alpha value is -5.39. The molecule has 4 aromatic carbocycles. The number of fused-ring (bicyclic) bond motifs is 1. The fraction of sp³-hybridized carbons (Fsp3) is 0.263. The standard InChI is InChI=1S/C38H34F5N3O4/c1-37(2,3)50-34(48)23-45(21-24-11-13-25(14-12-24)26-15-18-28(19-16-26)38(41,42)43)33(47)22-46-31-10-5-4-8-29(31)36(49)44-32(46)20-17-27-7-6-9-30(39)35(27)40/h4-16,18-19H,17,20-23H2,1-3H3. The van der Waals surface area contributed by atoms with Gasteiger partial charge in [0, 0.05) is 13.0 Å². The van der Waals surface area contributed by atoms with Crippen LogP contribution in [0.15, 0.2) is 95.8 Å². The van der Waals surface area contributed by atoms with Gasteiger partial charge in [0.2, 0.25) is 5.91 Å². The topological polar surface area (TPSA) is 81.5 Å². The predicted molar refractivity (Wildman–Crippen MR) is 178 cm³/mol. The molecule has 0 radical (unpaired) electrons. The average molecular weight is 692 g/mol. The second kappa shape index (κ2) is 14.6. The highest BCUT2D eigenvalue weighted by Gasteiger charge is 2.30. The zero-order valence-electron chi connectivity index (χ0n) is 27.6. The zero-order valence-corrected chi connectivity index (χ0v) is 27.6. The normalized spacial score (nSPS) is 11.8. The van der Waals surface area contributed by atoms with E-state index in [1.54, 1.807) is 69.3 Å². The molecule has 0 atom stereocenters. The van der Waals surface area contributed by atoms with E-state index in [0.29, 0.717) is 22.2 Å². The third-order valence-electron chi connectivity index (χ3n) is 7.88. The number of benzene rings is 4. The van der Waals surface area contributed by atoms with Crippen LogP contribution in [0, 0.1) is 11.6 Å². The largest absolute Gasteiger partial charge is 0.459 e. The van der Waals surface area contributed by atoms with Crippen LogP contribution >= 0.6 is 0 Å². The first kappa shape index (κ1) is 35.9. The van der Waals surface area contributed by atoms with Gasteiger partial charge in [-0.15, -0.1) is 0 Å². The monoisotopic (exact) mass is 691 g/mol. The van der Waals surface area contributed by atoms with E-state index in [1.807, 2.05) is 0 Å². The minimum Gasteiger partial charge on any atom is -0.459 e. The molecule has 5 aromatic rings. The summed E-state index contributed by atoms with van der Waals surface area (Å²) >= 11 is 0. The van der Waals surface area contributed by atoms with Gasteiger partial charge in [0.15, 0.2) is 11.6 Å². The van der Waals surface area contributed by atoms with Gasteiger partial charge in [0.05, 0.1) is 16.5 Å². The van der Waals surface area contributed by atoms with E-state index in [-0.39, 0.29) is 42.7 Å². The number of para-hydroxylation sites is 1. The Kier molecular flexibility index (Phi) is 10.5. The lowest BCUT2D eigenvalue weighted by Gasteiger charge is -2.26. The van der Waals surface area contributed by atoms with Crippen LogP contribution < -0.4 is 5.56 Å². The Bertz CT molecular complexity index is 2070. The van der Waals surface area contributed by atoms with E-state index in [0.717, 1.165) is 18.2 Å². The molecule has 0 fully saturated rings. The van der Waals surface area contributed by atoms with Crippen molar-refractivity contribution < 1.29 is 36.3 Å². The van der Waals surface area contributed by atoms with Crippen molar-refractivity contribution in [2.45, 2.75) is 58.5 Å². The van der Waals surface area contributed by atoms with Gasteiger partial charge in [0.25, 0.3) is 5.56 Å². The van der Waals surface area contributed by atoms with E-state index in [2.05, 4.69) is 4.98 Å². The summed E-state index contributed by atoms with van der Waals surface area (Å²) in [6.45, 7) is 4.31. The molecular weight excluding hydrogens is 657 g/mol. The molecule has 5 rings (SSSR count). The van der Waals surface area contributed by atoms with Crippen molar-refractivity contribution in [2.75, 3.05) is 6.54 Å². The molecule has 12 heteroatoms. The Balaban J connectivity index is 1.44. The highest BCUT2D eigenvalue weighted by molar-refractivity contribution is 5.84. The number of alkyl halides is 3. The van der Waals surface area contributed by atoms with Crippen molar-refractivity contribution in [1.82, 2.24) is 14.5 Å². The molecule has 0 spiro atoms. The SMILES string of the molecule is CC(C)(C)OC(=O)CN(Cc1ccc(-c2ccc(C(F)(F)F)cc2)cc1)C(=O)Cn1c(CCc2cccc(F)c2F)nc(=O)c2ccccc21. The number of hydrogen-bond acceptors (Lipinski definition) is 5. The summed E-state index contributed by atoms with van der Waals surface area (Å²) in [6, 6.07) is 21.9. The van der Waals surface area contributed by atoms with Gasteiger partial charge >= 0.3 is 12.1 Å². The van der Waals surface area contributed by atoms with Crippen molar-refractivity contribution in [3.63, 3.8) is 0 Å². The predicted octanol–water partition coefficient (Wildman–Crippen LogP) is 7.52. The van der Waals surface area contributed by atoms with Crippen LogP contribution in [-0.2, 0) is 46.4 Å². The molecular formula is C38H34F5N3O4. The smallest absolute Gasteiger partial charge is 0.416 e. The van der Waals surface area contributed by atoms with E-state index in [9.17, 15) is 36.3 Å². The molecule has 0 saturated carbocycles. The van der Waals surface area contributed by atoms with Crippen molar-refractivity contribution in [3.05, 3.63) is 135 Å². The molecule has 1 heterocycles. The third kappa shape index (κ3) is 8.79. The maximum absolute atomic E-state index is 14.5. The number of rotatable bonds is 10. The molecule has 260 valence electrons. The zero-order chi connectivity index (χ0) is 36.2. The first-order valence-electron chi connectivity index (χ1n) is 15.8. The lowest BCUT2D eigenvalue weighted by atomic mass is 10.0. The quantitative estimate of drug-likeness (QED) is 0.112. The second-order valence-electron chi connectivity index (χ2n) is 12.8. The van der Waals surface area contributed by atoms with E-state index in [1.165, 1.54) is 33.7 Å². The van der Waals surface area contributed by atoms with Crippen LogP contribution in [0.4, 0.5) is 22.0 Å². The van der Waals surface area contributed by atoms with E-state index >= 15 is 0 Å². The van der Waals surface area contributed by atoms with Gasteiger partial charge in [-0.1, -0.05) is 60.7 Å². The van der Waals surface area contributed by atoms with Gasteiger partial charge < -0.3 is 14.2 Å². The van der Waals surface area contributed by atoms with Gasteiger partial charge in [-0.2, -0.15) is 18.2 Å². The maximum atomic E-state index is 14.5. The maximum Gasteiger partial charge on any atom is 0.416 e. The lowest BCUT2D eigenvalue weighted by molar-refractivity contribution is -0.159. The van der Waals surface area contributed by atoms with Gasteiger partial charge in [-0.25, -0.2) is 8.78 Å². The molecule has 0 N–H and O–H groups in total. The van der Waals surface area contributed by atoms with Crippen molar-refractivity contribution in [3.8, 4) is 11.1 Å². The lowest BCUT2D eigenvalue weighted by Crippen LogP contribution is -2.40. The number of aromatic nitrogens is 2. The second-order valence-corrected chi connectivity index (χ2v) is 12.8. The van der Waals surface area contributed by atoms with Crippen molar-refractivity contribution in [2.24, 2.45) is 0 Å². The first-order valence-corrected chi connectivity index (χ1v) is 15.8. The summed E-state index contributed by atoms with van der Waals surface area (Å²) in [4.78, 5) is 45.5. The Morgan fingerprint density at radius 3 is 2.10 bits per heavy atom. The molecule has 0 bridgehead atoms. The Morgan fingerprint density at radius 1 is 0.820 bits per heavy atom. The Labute approximate surface area is 284 Å². The van der Waals surface area contributed by atoms with Crippen molar-refractivity contribution in [1.29, 1.82) is 0 Å². The van der Waals surface area contributed by atoms with Gasteiger partial charge in [-0.05, 0) is 79.8 Å². The minimum absolute atomic E-state index is 0.00450. The van der Waals surface area contributed by atoms with Crippen LogP contribution in [0.25, 0.3) is 22.0 Å². The molecule has 0 aliphatic carbocycles. The summed E-state index contributed by atoms with van der Waals surface area (Å²) < 4.78 is 74.5. The molecule has 50 heavy (non-hydrogen) atoms. The van der Waals surface area contributed by atoms with Crippen LogP contribution in [0.2, 0.25) is 0 Å². The molecule has 1 aromatic heterocycles. The fourth-order valence-corrected chi connectivity index (χ4v) is 5.49. The van der Waals surface area contributed by atoms with Crippen LogP contribution in [0.5, 0.6) is 0 Å². The number of halogens is 5. The minimum atomic E-state index is -4.45. The number of nitrogens with zero attached hydrogens (tertiary/aromatic N) is 3. The summed E-state index contributed by atoms with van der Waals surface area (Å²) in [5, 5.41) is 0.249. The third-order valence-corrected chi connectivity index (χ3v) is 7.88. The van der Waals surface area contributed by atoms with Crippen LogP contribution in [0.1, 0.15) is 43.3 Å². The van der Waals surface area contributed by atoms with E-state index in [4.69, 9.17) is 4.74 Å². The summed E-state index contributed by atoms with van der Waals surface area (Å²) in [7, 11) is 0. The van der Waals surface area contributed by atoms with Gasteiger partial charge in [-0.3, -0.25) is 14.4 Å². The first-order chi connectivity index (χ1) is 23.6. The summed E-state index contributed by atoms with van der Waals surface area (Å²) in [5.41, 5.74) is 0.189. The number of amides is 1. The molecule has 0 aliphatic rings. The summed E-state index contributed by atoms with van der Waals surface area (Å²) in [6.07, 6.45) is -4.45.